The van der Waals surface area contributed by atoms with Crippen LogP contribution in [0.15, 0.2) is 64.1 Å². The van der Waals surface area contributed by atoms with Gasteiger partial charge in [0.2, 0.25) is 0 Å². The Morgan fingerprint density at radius 1 is 0.900 bits per heavy atom. The molecule has 1 N–H and O–H groups in total. The van der Waals surface area contributed by atoms with Gasteiger partial charge in [-0.05, 0) is 47.5 Å². The van der Waals surface area contributed by atoms with E-state index in [1.807, 2.05) is 36.4 Å². The number of hydrogen-bond acceptors (Lipinski definition) is 1. The maximum atomic E-state index is 12.0. The van der Waals surface area contributed by atoms with Crippen LogP contribution in [0.3, 0.4) is 0 Å². The summed E-state index contributed by atoms with van der Waals surface area (Å²) in [5.41, 5.74) is 2.53. The van der Waals surface area contributed by atoms with Crippen LogP contribution in [0.5, 0.6) is 0 Å². The van der Waals surface area contributed by atoms with Gasteiger partial charge in [0, 0.05) is 21.1 Å². The van der Waals surface area contributed by atoms with Gasteiger partial charge in [0.15, 0.2) is 0 Å². The van der Waals surface area contributed by atoms with Crippen molar-refractivity contribution in [2.24, 2.45) is 0 Å². The third kappa shape index (κ3) is 4.05. The summed E-state index contributed by atoms with van der Waals surface area (Å²) < 4.78 is 1.97. The Hall–Kier alpha value is -1.39. The zero-order valence-electron chi connectivity index (χ0n) is 10.7. The average Bonchev–Trinajstić information content (AvgIpc) is 2.46. The molecule has 2 rings (SSSR count). The highest BCUT2D eigenvalue weighted by molar-refractivity contribution is 9.10. The standard InChI is InChI=1S/C16H13Br2NO/c1-11(12-2-6-14(17)7-3-12)10-19-16(20)13-4-8-15(18)9-5-13/h2-9H,1,10H2,(H,19,20). The largest absolute Gasteiger partial charge is 0.348 e. The Balaban J connectivity index is 1.94. The number of benzene rings is 2. The van der Waals surface area contributed by atoms with Crippen molar-refractivity contribution in [3.63, 3.8) is 0 Å². The molecule has 0 saturated carbocycles. The molecule has 0 aromatic heterocycles. The fraction of sp³-hybridized carbons (Fsp3) is 0.0625. The van der Waals surface area contributed by atoms with Gasteiger partial charge in [-0.1, -0.05) is 50.6 Å². The molecule has 0 saturated heterocycles. The molecule has 2 aromatic rings. The Bertz CT molecular complexity index is 560. The molecule has 0 unspecified atom stereocenters. The van der Waals surface area contributed by atoms with Gasteiger partial charge < -0.3 is 5.32 Å². The molecule has 0 heterocycles. The van der Waals surface area contributed by atoms with Crippen LogP contribution in [0.1, 0.15) is 15.9 Å². The highest BCUT2D eigenvalue weighted by atomic mass is 79.9. The molecule has 0 spiro atoms. The second-order valence-corrected chi connectivity index (χ2v) is 6.13. The van der Waals surface area contributed by atoms with Gasteiger partial charge in [-0.25, -0.2) is 0 Å². The summed E-state index contributed by atoms with van der Waals surface area (Å²) in [6.07, 6.45) is 0. The lowest BCUT2D eigenvalue weighted by Gasteiger charge is -2.08. The van der Waals surface area contributed by atoms with Gasteiger partial charge in [-0.2, -0.15) is 0 Å². The fourth-order valence-corrected chi connectivity index (χ4v) is 2.21. The number of carbonyl (C=O) groups excluding carboxylic acids is 1. The lowest BCUT2D eigenvalue weighted by atomic mass is 10.1. The van der Waals surface area contributed by atoms with E-state index in [0.717, 1.165) is 20.1 Å². The predicted molar refractivity (Wildman–Crippen MR) is 89.7 cm³/mol. The SMILES string of the molecule is C=C(CNC(=O)c1ccc(Br)cc1)c1ccc(Br)cc1. The van der Waals surface area contributed by atoms with Crippen LogP contribution in [-0.4, -0.2) is 12.5 Å². The predicted octanol–water partition coefficient (Wildman–Crippen LogP) is 4.65. The van der Waals surface area contributed by atoms with Gasteiger partial charge in [-0.15, -0.1) is 0 Å². The molecule has 2 nitrogen and oxygen atoms in total. The molecule has 0 aliphatic heterocycles. The van der Waals surface area contributed by atoms with Gasteiger partial charge in [-0.3, -0.25) is 4.79 Å². The van der Waals surface area contributed by atoms with Crippen molar-refractivity contribution >= 4 is 43.3 Å². The molecular formula is C16H13Br2NO. The van der Waals surface area contributed by atoms with E-state index in [0.29, 0.717) is 12.1 Å². The first-order valence-corrected chi connectivity index (χ1v) is 7.62. The second-order valence-electron chi connectivity index (χ2n) is 4.30. The molecule has 4 heteroatoms. The number of rotatable bonds is 4. The maximum Gasteiger partial charge on any atom is 0.251 e. The van der Waals surface area contributed by atoms with Crippen molar-refractivity contribution in [1.82, 2.24) is 5.32 Å². The molecule has 0 atom stereocenters. The molecule has 0 aliphatic carbocycles. The molecule has 1 amide bonds. The zero-order chi connectivity index (χ0) is 14.5. The third-order valence-electron chi connectivity index (χ3n) is 2.82. The number of hydrogen-bond donors (Lipinski definition) is 1. The molecule has 0 bridgehead atoms. The Labute approximate surface area is 135 Å². The zero-order valence-corrected chi connectivity index (χ0v) is 13.9. The number of halogens is 2. The molecule has 2 aromatic carbocycles. The Kier molecular flexibility index (Phi) is 5.15. The summed E-state index contributed by atoms with van der Waals surface area (Å²) in [7, 11) is 0. The average molecular weight is 395 g/mol. The molecule has 102 valence electrons. The van der Waals surface area contributed by atoms with Gasteiger partial charge >= 0.3 is 0 Å². The van der Waals surface area contributed by atoms with Gasteiger partial charge in [0.25, 0.3) is 5.91 Å². The highest BCUT2D eigenvalue weighted by Gasteiger charge is 2.06. The van der Waals surface area contributed by atoms with Crippen molar-refractivity contribution in [2.75, 3.05) is 6.54 Å². The molecule has 0 aliphatic rings. The van der Waals surface area contributed by atoms with Crippen LogP contribution >= 0.6 is 31.9 Å². The normalized spacial score (nSPS) is 10.1. The summed E-state index contributed by atoms with van der Waals surface area (Å²) in [4.78, 5) is 12.0. The molecule has 0 fully saturated rings. The van der Waals surface area contributed by atoms with Crippen LogP contribution in [0.4, 0.5) is 0 Å². The van der Waals surface area contributed by atoms with Gasteiger partial charge in [0.05, 0.1) is 0 Å². The quantitative estimate of drug-likeness (QED) is 0.802. The van der Waals surface area contributed by atoms with E-state index in [9.17, 15) is 4.79 Å². The molecule has 0 radical (unpaired) electrons. The minimum Gasteiger partial charge on any atom is -0.348 e. The topological polar surface area (TPSA) is 29.1 Å². The molecule has 20 heavy (non-hydrogen) atoms. The van der Waals surface area contributed by atoms with Crippen molar-refractivity contribution in [2.45, 2.75) is 0 Å². The monoisotopic (exact) mass is 393 g/mol. The highest BCUT2D eigenvalue weighted by Crippen LogP contribution is 2.16. The number of amides is 1. The van der Waals surface area contributed by atoms with E-state index in [4.69, 9.17) is 0 Å². The second kappa shape index (κ2) is 6.86. The van der Waals surface area contributed by atoms with E-state index in [1.165, 1.54) is 0 Å². The van der Waals surface area contributed by atoms with Crippen LogP contribution in [-0.2, 0) is 0 Å². The van der Waals surface area contributed by atoms with Crippen LogP contribution in [0.25, 0.3) is 5.57 Å². The molecular weight excluding hydrogens is 382 g/mol. The fourth-order valence-electron chi connectivity index (χ4n) is 1.68. The maximum absolute atomic E-state index is 12.0. The first-order valence-electron chi connectivity index (χ1n) is 6.04. The van der Waals surface area contributed by atoms with Crippen molar-refractivity contribution in [1.29, 1.82) is 0 Å². The summed E-state index contributed by atoms with van der Waals surface area (Å²) in [5.74, 6) is -0.101. The first-order chi connectivity index (χ1) is 9.56. The van der Waals surface area contributed by atoms with Gasteiger partial charge in [0.1, 0.15) is 0 Å². The third-order valence-corrected chi connectivity index (χ3v) is 3.88. The minimum atomic E-state index is -0.101. The summed E-state index contributed by atoms with van der Waals surface area (Å²) in [6, 6.07) is 15.1. The number of nitrogens with one attached hydrogen (secondary N) is 1. The summed E-state index contributed by atoms with van der Waals surface area (Å²) in [5, 5.41) is 2.87. The van der Waals surface area contributed by atoms with Crippen molar-refractivity contribution in [3.8, 4) is 0 Å². The van der Waals surface area contributed by atoms with E-state index in [1.54, 1.807) is 12.1 Å². The van der Waals surface area contributed by atoms with Crippen molar-refractivity contribution < 1.29 is 4.79 Å². The lowest BCUT2D eigenvalue weighted by Crippen LogP contribution is -2.24. The Morgan fingerprint density at radius 3 is 1.85 bits per heavy atom. The summed E-state index contributed by atoms with van der Waals surface area (Å²) in [6.45, 7) is 4.42. The van der Waals surface area contributed by atoms with E-state index in [2.05, 4.69) is 43.8 Å². The smallest absolute Gasteiger partial charge is 0.251 e. The van der Waals surface area contributed by atoms with E-state index >= 15 is 0 Å². The number of carbonyl (C=O) groups is 1. The van der Waals surface area contributed by atoms with E-state index < -0.39 is 0 Å². The van der Waals surface area contributed by atoms with Crippen LogP contribution < -0.4 is 5.32 Å². The van der Waals surface area contributed by atoms with Crippen LogP contribution in [0, 0.1) is 0 Å². The minimum absolute atomic E-state index is 0.101. The lowest BCUT2D eigenvalue weighted by molar-refractivity contribution is 0.0958. The Morgan fingerprint density at radius 2 is 1.35 bits per heavy atom. The van der Waals surface area contributed by atoms with Crippen molar-refractivity contribution in [3.05, 3.63) is 75.2 Å². The summed E-state index contributed by atoms with van der Waals surface area (Å²) >= 11 is 6.73. The first kappa shape index (κ1) is 15.0. The van der Waals surface area contributed by atoms with E-state index in [-0.39, 0.29) is 5.91 Å². The van der Waals surface area contributed by atoms with Crippen LogP contribution in [0.2, 0.25) is 0 Å².